The number of nitrogens with zero attached hydrogens (tertiary/aromatic N) is 3. The molecule has 0 aromatic heterocycles. The number of benzene rings is 3. The Balaban J connectivity index is 1.58. The van der Waals surface area contributed by atoms with E-state index in [4.69, 9.17) is 4.74 Å². The average Bonchev–Trinajstić information content (AvgIpc) is 2.92. The number of nitriles is 1. The van der Waals surface area contributed by atoms with Gasteiger partial charge in [-0.2, -0.15) is 9.98 Å². The molecular formula is C27H28N4O5S. The minimum Gasteiger partial charge on any atom is -0.450 e. The Kier molecular flexibility index (Phi) is 8.06. The first kappa shape index (κ1) is 26.1. The highest BCUT2D eigenvalue weighted by Crippen LogP contribution is 2.20. The van der Waals surface area contributed by atoms with Gasteiger partial charge in [-0.25, -0.2) is 13.2 Å². The number of hydrogen-bond acceptors (Lipinski definition) is 6. The lowest BCUT2D eigenvalue weighted by Crippen LogP contribution is -2.56. The van der Waals surface area contributed by atoms with Crippen molar-refractivity contribution in [2.24, 2.45) is 0 Å². The number of hydrogen-bond donors (Lipinski definition) is 1. The fourth-order valence-corrected chi connectivity index (χ4v) is 5.54. The number of nitrogens with one attached hydrogen (secondary N) is 1. The van der Waals surface area contributed by atoms with E-state index in [-0.39, 0.29) is 31.0 Å². The second-order valence-corrected chi connectivity index (χ2v) is 10.4. The number of carbonyl (C=O) groups excluding carboxylic acids is 2. The van der Waals surface area contributed by atoms with E-state index in [9.17, 15) is 23.3 Å². The molecule has 0 aliphatic carbocycles. The molecule has 3 aromatic carbocycles. The smallest absolute Gasteiger partial charge is 0.409 e. The van der Waals surface area contributed by atoms with Gasteiger partial charge in [0.1, 0.15) is 6.04 Å². The van der Waals surface area contributed by atoms with Gasteiger partial charge in [0.15, 0.2) is 0 Å². The number of amides is 2. The molecule has 1 saturated heterocycles. The lowest BCUT2D eigenvalue weighted by molar-refractivity contribution is -0.134. The van der Waals surface area contributed by atoms with Crippen molar-refractivity contribution in [3.8, 4) is 6.07 Å². The van der Waals surface area contributed by atoms with Crippen molar-refractivity contribution in [3.63, 3.8) is 0 Å². The Morgan fingerprint density at radius 2 is 1.68 bits per heavy atom. The van der Waals surface area contributed by atoms with E-state index < -0.39 is 28.1 Å². The topological polar surface area (TPSA) is 120 Å². The third kappa shape index (κ3) is 6.25. The number of rotatable bonds is 7. The van der Waals surface area contributed by atoms with Gasteiger partial charge in [-0.3, -0.25) is 4.79 Å². The van der Waals surface area contributed by atoms with Crippen molar-refractivity contribution in [3.05, 3.63) is 77.9 Å². The van der Waals surface area contributed by atoms with Crippen LogP contribution in [0.1, 0.15) is 18.1 Å². The van der Waals surface area contributed by atoms with Gasteiger partial charge in [0.05, 0.1) is 23.1 Å². The summed E-state index contributed by atoms with van der Waals surface area (Å²) in [6, 6.07) is 20.0. The van der Waals surface area contributed by atoms with E-state index in [0.29, 0.717) is 24.2 Å². The Bertz CT molecular complexity index is 1440. The van der Waals surface area contributed by atoms with Crippen LogP contribution in [-0.2, 0) is 26.0 Å². The Morgan fingerprint density at radius 3 is 2.38 bits per heavy atom. The Morgan fingerprint density at radius 1 is 0.973 bits per heavy atom. The van der Waals surface area contributed by atoms with Crippen LogP contribution in [0.4, 0.5) is 4.79 Å². The van der Waals surface area contributed by atoms with E-state index in [1.165, 1.54) is 11.0 Å². The van der Waals surface area contributed by atoms with Crippen molar-refractivity contribution in [2.45, 2.75) is 24.3 Å². The highest BCUT2D eigenvalue weighted by molar-refractivity contribution is 7.89. The van der Waals surface area contributed by atoms with Gasteiger partial charge >= 0.3 is 6.09 Å². The van der Waals surface area contributed by atoms with E-state index >= 15 is 0 Å². The zero-order valence-corrected chi connectivity index (χ0v) is 21.3. The molecule has 1 unspecified atom stereocenters. The summed E-state index contributed by atoms with van der Waals surface area (Å²) in [6.45, 7) is 3.08. The summed E-state index contributed by atoms with van der Waals surface area (Å²) in [6.07, 6.45) is -0.365. The highest BCUT2D eigenvalue weighted by Gasteiger charge is 2.32. The van der Waals surface area contributed by atoms with Gasteiger partial charge in [0.2, 0.25) is 15.9 Å². The van der Waals surface area contributed by atoms with E-state index in [0.717, 1.165) is 10.8 Å². The summed E-state index contributed by atoms with van der Waals surface area (Å²) in [5, 5.41) is 10.9. The first-order valence-corrected chi connectivity index (χ1v) is 13.5. The second kappa shape index (κ2) is 11.4. The maximum absolute atomic E-state index is 13.6. The average molecular weight is 521 g/mol. The SMILES string of the molecule is CCOC(=O)N1CCN(C(=O)C(Cc2cccc(C#N)c2)NS(=O)(=O)c2ccc3ccccc3c2)CC1. The maximum Gasteiger partial charge on any atom is 0.409 e. The summed E-state index contributed by atoms with van der Waals surface area (Å²) < 4.78 is 34.4. The summed E-state index contributed by atoms with van der Waals surface area (Å²) in [5.74, 6) is -0.393. The number of sulfonamides is 1. The standard InChI is InChI=1S/C27H28N4O5S/c1-2-36-27(33)31-14-12-30(13-15-31)26(32)25(17-20-6-5-7-21(16-20)19-28)29-37(34,35)24-11-10-22-8-3-4-9-23(22)18-24/h3-11,16,18,25,29H,2,12-15,17H2,1H3. The molecule has 0 spiro atoms. The van der Waals surface area contributed by atoms with Crippen LogP contribution in [-0.4, -0.2) is 69.0 Å². The molecule has 1 N–H and O–H groups in total. The van der Waals surface area contributed by atoms with Gasteiger partial charge in [0.25, 0.3) is 0 Å². The predicted molar refractivity (Wildman–Crippen MR) is 138 cm³/mol. The van der Waals surface area contributed by atoms with Crippen LogP contribution in [0.2, 0.25) is 0 Å². The van der Waals surface area contributed by atoms with Crippen molar-refractivity contribution < 1.29 is 22.7 Å². The summed E-state index contributed by atoms with van der Waals surface area (Å²) in [5.41, 5.74) is 1.08. The number of fused-ring (bicyclic) bond motifs is 1. The predicted octanol–water partition coefficient (Wildman–Crippen LogP) is 2.90. The highest BCUT2D eigenvalue weighted by atomic mass is 32.2. The first-order chi connectivity index (χ1) is 17.8. The minimum absolute atomic E-state index is 0.0573. The van der Waals surface area contributed by atoms with Crippen LogP contribution in [0.3, 0.4) is 0 Å². The van der Waals surface area contributed by atoms with Gasteiger partial charge in [-0.15, -0.1) is 0 Å². The zero-order chi connectivity index (χ0) is 26.4. The molecule has 37 heavy (non-hydrogen) atoms. The van der Waals surface area contributed by atoms with Crippen molar-refractivity contribution in [1.82, 2.24) is 14.5 Å². The maximum atomic E-state index is 13.6. The monoisotopic (exact) mass is 520 g/mol. The Labute approximate surface area is 216 Å². The van der Waals surface area contributed by atoms with E-state index in [1.807, 2.05) is 24.3 Å². The fourth-order valence-electron chi connectivity index (χ4n) is 4.32. The molecule has 3 aromatic rings. The van der Waals surface area contributed by atoms with Crippen LogP contribution in [0.15, 0.2) is 71.6 Å². The lowest BCUT2D eigenvalue weighted by Gasteiger charge is -2.36. The number of piperazine rings is 1. The van der Waals surface area contributed by atoms with Gasteiger partial charge in [-0.1, -0.05) is 42.5 Å². The van der Waals surface area contributed by atoms with Crippen LogP contribution >= 0.6 is 0 Å². The van der Waals surface area contributed by atoms with E-state index in [2.05, 4.69) is 10.8 Å². The molecule has 9 nitrogen and oxygen atoms in total. The molecule has 1 fully saturated rings. The molecule has 0 saturated carbocycles. The molecule has 1 aliphatic rings. The fraction of sp³-hybridized carbons (Fsp3) is 0.296. The molecule has 1 heterocycles. The van der Waals surface area contributed by atoms with Crippen molar-refractivity contribution >= 4 is 32.8 Å². The van der Waals surface area contributed by atoms with Gasteiger partial charge < -0.3 is 14.5 Å². The van der Waals surface area contributed by atoms with Crippen LogP contribution < -0.4 is 4.72 Å². The third-order valence-corrected chi connectivity index (χ3v) is 7.71. The molecule has 2 amide bonds. The molecule has 1 atom stereocenters. The molecule has 0 bridgehead atoms. The third-order valence-electron chi connectivity index (χ3n) is 6.24. The molecule has 4 rings (SSSR count). The minimum atomic E-state index is -4.05. The van der Waals surface area contributed by atoms with Crippen molar-refractivity contribution in [1.29, 1.82) is 5.26 Å². The molecule has 10 heteroatoms. The zero-order valence-electron chi connectivity index (χ0n) is 20.5. The largest absolute Gasteiger partial charge is 0.450 e. The van der Waals surface area contributed by atoms with Gasteiger partial charge in [-0.05, 0) is 53.9 Å². The molecular weight excluding hydrogens is 492 g/mol. The van der Waals surface area contributed by atoms with Crippen molar-refractivity contribution in [2.75, 3.05) is 32.8 Å². The quantitative estimate of drug-likeness (QED) is 0.512. The normalized spacial score (nSPS) is 14.7. The van der Waals surface area contributed by atoms with Crippen LogP contribution in [0.25, 0.3) is 10.8 Å². The summed E-state index contributed by atoms with van der Waals surface area (Å²) in [7, 11) is -4.05. The molecule has 1 aliphatic heterocycles. The summed E-state index contributed by atoms with van der Waals surface area (Å²) in [4.78, 5) is 28.7. The molecule has 192 valence electrons. The van der Waals surface area contributed by atoms with Gasteiger partial charge in [0, 0.05) is 26.2 Å². The van der Waals surface area contributed by atoms with E-state index in [1.54, 1.807) is 48.2 Å². The first-order valence-electron chi connectivity index (χ1n) is 12.0. The summed E-state index contributed by atoms with van der Waals surface area (Å²) >= 11 is 0. The lowest BCUT2D eigenvalue weighted by atomic mass is 10.0. The number of carbonyl (C=O) groups is 2. The Hall–Kier alpha value is -3.94. The molecule has 0 radical (unpaired) electrons. The number of ether oxygens (including phenoxy) is 1. The van der Waals surface area contributed by atoms with Crippen LogP contribution in [0, 0.1) is 11.3 Å². The van der Waals surface area contributed by atoms with Crippen LogP contribution in [0.5, 0.6) is 0 Å². The second-order valence-electron chi connectivity index (χ2n) is 8.71.